The zero-order valence-corrected chi connectivity index (χ0v) is 17.7. The van der Waals surface area contributed by atoms with Crippen LogP contribution in [0.2, 0.25) is 0 Å². The zero-order chi connectivity index (χ0) is 20.7. The van der Waals surface area contributed by atoms with E-state index in [1.54, 1.807) is 14.2 Å². The molecule has 2 rings (SSSR count). The van der Waals surface area contributed by atoms with Crippen molar-refractivity contribution in [1.82, 2.24) is 5.32 Å². The molecule has 0 radical (unpaired) electrons. The first kappa shape index (κ1) is 21.6. The van der Waals surface area contributed by atoms with Crippen LogP contribution in [0.5, 0.6) is 17.2 Å². The Labute approximate surface area is 168 Å². The van der Waals surface area contributed by atoms with Crippen LogP contribution in [0.4, 0.5) is 0 Å². The minimum Gasteiger partial charge on any atom is -0.493 e. The fourth-order valence-electron chi connectivity index (χ4n) is 3.16. The van der Waals surface area contributed by atoms with Crippen molar-refractivity contribution in [2.45, 2.75) is 52.7 Å². The van der Waals surface area contributed by atoms with Gasteiger partial charge in [-0.2, -0.15) is 0 Å². The number of hydrogen-bond acceptors (Lipinski definition) is 4. The summed E-state index contributed by atoms with van der Waals surface area (Å²) in [5.41, 5.74) is 3.16. The molecular formula is C23H31NO4. The Morgan fingerprint density at radius 2 is 1.61 bits per heavy atom. The second-order valence-corrected chi connectivity index (χ2v) is 6.87. The summed E-state index contributed by atoms with van der Waals surface area (Å²) < 4.78 is 16.7. The Kier molecular flexibility index (Phi) is 7.73. The van der Waals surface area contributed by atoms with Crippen LogP contribution < -0.4 is 19.5 Å². The third-order valence-corrected chi connectivity index (χ3v) is 4.80. The first-order valence-corrected chi connectivity index (χ1v) is 9.69. The van der Waals surface area contributed by atoms with Gasteiger partial charge in [-0.25, -0.2) is 0 Å². The summed E-state index contributed by atoms with van der Waals surface area (Å²) in [5, 5.41) is 3.11. The number of methoxy groups -OCH3 is 2. The van der Waals surface area contributed by atoms with Gasteiger partial charge in [0.05, 0.1) is 20.3 Å². The van der Waals surface area contributed by atoms with Crippen LogP contribution in [0.15, 0.2) is 36.4 Å². The monoisotopic (exact) mass is 385 g/mol. The van der Waals surface area contributed by atoms with Crippen LogP contribution in [0, 0.1) is 13.8 Å². The molecule has 2 atom stereocenters. The fourth-order valence-corrected chi connectivity index (χ4v) is 3.16. The van der Waals surface area contributed by atoms with Crippen LogP contribution >= 0.6 is 0 Å². The van der Waals surface area contributed by atoms with E-state index in [0.717, 1.165) is 23.3 Å². The summed E-state index contributed by atoms with van der Waals surface area (Å²) in [7, 11) is 3.21. The summed E-state index contributed by atoms with van der Waals surface area (Å²) in [5.74, 6) is 1.93. The van der Waals surface area contributed by atoms with E-state index in [-0.39, 0.29) is 11.9 Å². The average Bonchev–Trinajstić information content (AvgIpc) is 2.70. The summed E-state index contributed by atoms with van der Waals surface area (Å²) in [6.07, 6.45) is 0.790. The Morgan fingerprint density at radius 3 is 2.18 bits per heavy atom. The lowest BCUT2D eigenvalue weighted by molar-refractivity contribution is -0.129. The molecule has 0 spiro atoms. The lowest BCUT2D eigenvalue weighted by Crippen LogP contribution is -2.40. The van der Waals surface area contributed by atoms with Gasteiger partial charge in [-0.15, -0.1) is 0 Å². The Hall–Kier alpha value is -2.69. The maximum atomic E-state index is 12.9. The molecule has 2 aromatic carbocycles. The predicted molar refractivity (Wildman–Crippen MR) is 111 cm³/mol. The van der Waals surface area contributed by atoms with Gasteiger partial charge in [0.1, 0.15) is 5.75 Å². The SMILES string of the molecule is CC[C@H](Oc1ccc(C)cc1C)C(=O)N[C@H](CC)c1ccc(OC)c(OC)c1. The molecule has 1 amide bonds. The highest BCUT2D eigenvalue weighted by atomic mass is 16.5. The van der Waals surface area contributed by atoms with Gasteiger partial charge in [-0.3, -0.25) is 4.79 Å². The van der Waals surface area contributed by atoms with Crippen LogP contribution in [-0.2, 0) is 4.79 Å². The zero-order valence-electron chi connectivity index (χ0n) is 17.7. The lowest BCUT2D eigenvalue weighted by atomic mass is 10.0. The van der Waals surface area contributed by atoms with Crippen molar-refractivity contribution in [3.8, 4) is 17.2 Å². The average molecular weight is 386 g/mol. The van der Waals surface area contributed by atoms with E-state index in [1.807, 2.05) is 58.0 Å². The van der Waals surface area contributed by atoms with Crippen molar-refractivity contribution in [3.05, 3.63) is 53.1 Å². The number of carbonyl (C=O) groups excluding carboxylic acids is 1. The Bertz CT molecular complexity index is 803. The molecule has 5 heteroatoms. The summed E-state index contributed by atoms with van der Waals surface area (Å²) >= 11 is 0. The molecule has 0 aliphatic heterocycles. The third kappa shape index (κ3) is 5.18. The molecule has 0 aliphatic rings. The molecule has 2 aromatic rings. The Balaban J connectivity index is 2.15. The number of benzene rings is 2. The molecule has 0 fully saturated rings. The predicted octanol–water partition coefficient (Wildman–Crippen LogP) is 4.75. The van der Waals surface area contributed by atoms with E-state index in [2.05, 4.69) is 11.4 Å². The van der Waals surface area contributed by atoms with E-state index < -0.39 is 6.10 Å². The molecule has 5 nitrogen and oxygen atoms in total. The van der Waals surface area contributed by atoms with E-state index >= 15 is 0 Å². The van der Waals surface area contributed by atoms with Gasteiger partial charge < -0.3 is 19.5 Å². The van der Waals surface area contributed by atoms with Crippen molar-refractivity contribution < 1.29 is 19.0 Å². The van der Waals surface area contributed by atoms with Crippen molar-refractivity contribution in [2.24, 2.45) is 0 Å². The molecule has 0 bridgehead atoms. The lowest BCUT2D eigenvalue weighted by Gasteiger charge is -2.23. The fraction of sp³-hybridized carbons (Fsp3) is 0.435. The number of carbonyl (C=O) groups is 1. The minimum atomic E-state index is -0.546. The maximum absolute atomic E-state index is 12.9. The number of rotatable bonds is 9. The first-order valence-electron chi connectivity index (χ1n) is 9.69. The van der Waals surface area contributed by atoms with E-state index in [9.17, 15) is 4.79 Å². The highest BCUT2D eigenvalue weighted by Crippen LogP contribution is 2.31. The minimum absolute atomic E-state index is 0.121. The van der Waals surface area contributed by atoms with Gasteiger partial charge in [0.2, 0.25) is 0 Å². The number of aryl methyl sites for hydroxylation is 2. The van der Waals surface area contributed by atoms with Gasteiger partial charge in [-0.1, -0.05) is 37.6 Å². The Morgan fingerprint density at radius 1 is 0.929 bits per heavy atom. The molecule has 0 heterocycles. The molecule has 0 saturated heterocycles. The van der Waals surface area contributed by atoms with Crippen LogP contribution in [0.25, 0.3) is 0 Å². The normalized spacial score (nSPS) is 12.8. The second-order valence-electron chi connectivity index (χ2n) is 6.87. The topological polar surface area (TPSA) is 56.8 Å². The standard InChI is InChI=1S/C23H31NO4/c1-7-18(17-10-12-21(26-5)22(14-17)27-6)24-23(25)19(8-2)28-20-11-9-15(3)13-16(20)4/h9-14,18-19H,7-8H2,1-6H3,(H,24,25)/t18-,19+/m1/s1. The van der Waals surface area contributed by atoms with Crippen molar-refractivity contribution in [1.29, 1.82) is 0 Å². The number of nitrogens with one attached hydrogen (secondary N) is 1. The van der Waals surface area contributed by atoms with E-state index in [4.69, 9.17) is 14.2 Å². The highest BCUT2D eigenvalue weighted by Gasteiger charge is 2.23. The van der Waals surface area contributed by atoms with Crippen LogP contribution in [0.1, 0.15) is 49.4 Å². The highest BCUT2D eigenvalue weighted by molar-refractivity contribution is 5.81. The number of amides is 1. The molecule has 0 aliphatic carbocycles. The molecule has 28 heavy (non-hydrogen) atoms. The summed E-state index contributed by atoms with van der Waals surface area (Å²) in [6.45, 7) is 8.01. The van der Waals surface area contributed by atoms with Gasteiger partial charge in [-0.05, 0) is 56.0 Å². The molecule has 1 N–H and O–H groups in total. The quantitative estimate of drug-likeness (QED) is 0.677. The van der Waals surface area contributed by atoms with Crippen LogP contribution in [0.3, 0.4) is 0 Å². The van der Waals surface area contributed by atoms with Gasteiger partial charge in [0.25, 0.3) is 5.91 Å². The smallest absolute Gasteiger partial charge is 0.261 e. The molecule has 152 valence electrons. The van der Waals surface area contributed by atoms with Gasteiger partial charge in [0, 0.05) is 0 Å². The number of ether oxygens (including phenoxy) is 3. The van der Waals surface area contributed by atoms with Crippen molar-refractivity contribution in [2.75, 3.05) is 14.2 Å². The third-order valence-electron chi connectivity index (χ3n) is 4.80. The van der Waals surface area contributed by atoms with Crippen LogP contribution in [-0.4, -0.2) is 26.2 Å². The molecule has 0 aromatic heterocycles. The maximum Gasteiger partial charge on any atom is 0.261 e. The summed E-state index contributed by atoms with van der Waals surface area (Å²) in [6, 6.07) is 11.5. The van der Waals surface area contributed by atoms with E-state index in [0.29, 0.717) is 17.9 Å². The van der Waals surface area contributed by atoms with Gasteiger partial charge in [0.15, 0.2) is 17.6 Å². The first-order chi connectivity index (χ1) is 13.4. The second kappa shape index (κ2) is 10.0. The summed E-state index contributed by atoms with van der Waals surface area (Å²) in [4.78, 5) is 12.9. The van der Waals surface area contributed by atoms with E-state index in [1.165, 1.54) is 5.56 Å². The van der Waals surface area contributed by atoms with Crippen molar-refractivity contribution in [3.63, 3.8) is 0 Å². The largest absolute Gasteiger partial charge is 0.493 e. The van der Waals surface area contributed by atoms with Gasteiger partial charge >= 0.3 is 0 Å². The molecule has 0 unspecified atom stereocenters. The molecular weight excluding hydrogens is 354 g/mol. The molecule has 0 saturated carbocycles. The van der Waals surface area contributed by atoms with Crippen molar-refractivity contribution >= 4 is 5.91 Å². The number of hydrogen-bond donors (Lipinski definition) is 1.